The van der Waals surface area contributed by atoms with E-state index in [1.165, 1.54) is 5.56 Å². The zero-order valence-electron chi connectivity index (χ0n) is 11.8. The predicted octanol–water partition coefficient (Wildman–Crippen LogP) is 1.40. The van der Waals surface area contributed by atoms with Crippen LogP contribution in [-0.4, -0.2) is 30.0 Å². The van der Waals surface area contributed by atoms with Gasteiger partial charge in [-0.25, -0.2) is 4.79 Å². The summed E-state index contributed by atoms with van der Waals surface area (Å²) in [5.74, 6) is 0.571. The molecular weight excluding hydrogens is 274 g/mol. The second-order valence-corrected chi connectivity index (χ2v) is 5.53. The predicted molar refractivity (Wildman–Crippen MR) is 82.5 cm³/mol. The zero-order chi connectivity index (χ0) is 15.0. The van der Waals surface area contributed by atoms with Crippen LogP contribution in [-0.2, 0) is 11.3 Å². The van der Waals surface area contributed by atoms with Gasteiger partial charge in [0.25, 0.3) is 0 Å². The molecule has 0 spiro atoms. The van der Waals surface area contributed by atoms with Gasteiger partial charge in [0.15, 0.2) is 0 Å². The highest BCUT2D eigenvalue weighted by atomic mass is 32.2. The standard InChI is InChI=1S/C14H21N3O2S/c1-10-3-5-11(6-4-10)9-16-13(18)12(7-8-20-2)17-14(15)19/h3-6,12H,7-9H2,1-2H3,(H,16,18)(H3,15,17,19)/t12-/m1/s1. The van der Waals surface area contributed by atoms with Crippen LogP contribution in [0.3, 0.4) is 0 Å². The highest BCUT2D eigenvalue weighted by Crippen LogP contribution is 2.04. The number of rotatable bonds is 7. The fourth-order valence-corrected chi connectivity index (χ4v) is 2.17. The monoisotopic (exact) mass is 295 g/mol. The van der Waals surface area contributed by atoms with Crippen LogP contribution >= 0.6 is 11.8 Å². The van der Waals surface area contributed by atoms with Crippen molar-refractivity contribution >= 4 is 23.7 Å². The Morgan fingerprint density at radius 1 is 1.30 bits per heavy atom. The molecule has 0 bridgehead atoms. The van der Waals surface area contributed by atoms with Crippen LogP contribution in [0.4, 0.5) is 4.79 Å². The molecule has 6 heteroatoms. The van der Waals surface area contributed by atoms with Crippen molar-refractivity contribution in [3.63, 3.8) is 0 Å². The molecule has 0 aliphatic heterocycles. The smallest absolute Gasteiger partial charge is 0.312 e. The molecule has 0 radical (unpaired) electrons. The number of aryl methyl sites for hydroxylation is 1. The summed E-state index contributed by atoms with van der Waals surface area (Å²) in [4.78, 5) is 22.9. The zero-order valence-corrected chi connectivity index (χ0v) is 12.6. The molecule has 0 heterocycles. The number of primary amides is 1. The van der Waals surface area contributed by atoms with Crippen LogP contribution in [0.15, 0.2) is 24.3 Å². The molecule has 4 N–H and O–H groups in total. The molecule has 110 valence electrons. The average Bonchev–Trinajstić information content (AvgIpc) is 2.42. The molecule has 3 amide bonds. The molecule has 5 nitrogen and oxygen atoms in total. The van der Waals surface area contributed by atoms with E-state index in [9.17, 15) is 9.59 Å². The van der Waals surface area contributed by atoms with E-state index < -0.39 is 12.1 Å². The van der Waals surface area contributed by atoms with E-state index in [2.05, 4.69) is 10.6 Å². The van der Waals surface area contributed by atoms with Gasteiger partial charge in [-0.3, -0.25) is 4.79 Å². The van der Waals surface area contributed by atoms with E-state index in [0.717, 1.165) is 11.3 Å². The molecule has 0 aliphatic carbocycles. The van der Waals surface area contributed by atoms with E-state index in [1.807, 2.05) is 37.4 Å². The lowest BCUT2D eigenvalue weighted by Gasteiger charge is -2.16. The Hall–Kier alpha value is -1.69. The van der Waals surface area contributed by atoms with Gasteiger partial charge in [0.2, 0.25) is 5.91 Å². The first-order valence-corrected chi connectivity index (χ1v) is 7.80. The van der Waals surface area contributed by atoms with Crippen LogP contribution < -0.4 is 16.4 Å². The summed E-state index contributed by atoms with van der Waals surface area (Å²) in [5.41, 5.74) is 7.28. The summed E-state index contributed by atoms with van der Waals surface area (Å²) < 4.78 is 0. The van der Waals surface area contributed by atoms with Crippen molar-refractivity contribution in [2.75, 3.05) is 12.0 Å². The third-order valence-corrected chi connectivity index (χ3v) is 3.47. The summed E-state index contributed by atoms with van der Waals surface area (Å²) in [7, 11) is 0. The number of benzene rings is 1. The van der Waals surface area contributed by atoms with Gasteiger partial charge >= 0.3 is 6.03 Å². The maximum Gasteiger partial charge on any atom is 0.312 e. The first-order valence-electron chi connectivity index (χ1n) is 6.41. The lowest BCUT2D eigenvalue weighted by atomic mass is 10.1. The summed E-state index contributed by atoms with van der Waals surface area (Å²) >= 11 is 1.62. The minimum Gasteiger partial charge on any atom is -0.352 e. The fraction of sp³-hybridized carbons (Fsp3) is 0.429. The maximum atomic E-state index is 12.0. The quantitative estimate of drug-likeness (QED) is 0.711. The Balaban J connectivity index is 2.51. The fourth-order valence-electron chi connectivity index (χ4n) is 1.69. The van der Waals surface area contributed by atoms with Gasteiger partial charge in [0.1, 0.15) is 6.04 Å². The number of carbonyl (C=O) groups is 2. The third-order valence-electron chi connectivity index (χ3n) is 2.83. The highest BCUT2D eigenvalue weighted by Gasteiger charge is 2.18. The van der Waals surface area contributed by atoms with Crippen LogP contribution in [0.2, 0.25) is 0 Å². The third kappa shape index (κ3) is 5.97. The second-order valence-electron chi connectivity index (χ2n) is 4.55. The Bertz CT molecular complexity index is 448. The van der Waals surface area contributed by atoms with Crippen molar-refractivity contribution in [3.8, 4) is 0 Å². The topological polar surface area (TPSA) is 84.2 Å². The molecular formula is C14H21N3O2S. The van der Waals surface area contributed by atoms with Gasteiger partial charge in [0, 0.05) is 6.54 Å². The Labute approximate surface area is 123 Å². The molecule has 0 aliphatic rings. The Kier molecular flexibility index (Phi) is 6.93. The molecule has 0 unspecified atom stereocenters. The molecule has 1 rings (SSSR count). The summed E-state index contributed by atoms with van der Waals surface area (Å²) in [6, 6.07) is 6.66. The van der Waals surface area contributed by atoms with E-state index in [4.69, 9.17) is 5.73 Å². The number of hydrogen-bond acceptors (Lipinski definition) is 3. The Morgan fingerprint density at radius 3 is 2.50 bits per heavy atom. The summed E-state index contributed by atoms with van der Waals surface area (Å²) in [6.45, 7) is 2.45. The Morgan fingerprint density at radius 2 is 1.95 bits per heavy atom. The minimum atomic E-state index is -0.679. The van der Waals surface area contributed by atoms with Crippen molar-refractivity contribution in [1.29, 1.82) is 0 Å². The average molecular weight is 295 g/mol. The molecule has 1 atom stereocenters. The molecule has 0 saturated carbocycles. The second kappa shape index (κ2) is 8.47. The van der Waals surface area contributed by atoms with Crippen molar-refractivity contribution in [2.24, 2.45) is 5.73 Å². The van der Waals surface area contributed by atoms with Crippen molar-refractivity contribution in [1.82, 2.24) is 10.6 Å². The SMILES string of the molecule is CSCC[C@@H](NC(N)=O)C(=O)NCc1ccc(C)cc1. The van der Waals surface area contributed by atoms with E-state index >= 15 is 0 Å². The number of nitrogens with two attached hydrogens (primary N) is 1. The van der Waals surface area contributed by atoms with Crippen molar-refractivity contribution in [3.05, 3.63) is 35.4 Å². The molecule has 20 heavy (non-hydrogen) atoms. The number of hydrogen-bond donors (Lipinski definition) is 3. The molecule has 1 aromatic rings. The molecule has 1 aromatic carbocycles. The number of amides is 3. The van der Waals surface area contributed by atoms with Crippen molar-refractivity contribution in [2.45, 2.75) is 25.9 Å². The van der Waals surface area contributed by atoms with Gasteiger partial charge in [-0.05, 0) is 30.9 Å². The molecule has 0 aromatic heterocycles. The number of carbonyl (C=O) groups excluding carboxylic acids is 2. The van der Waals surface area contributed by atoms with Gasteiger partial charge in [-0.1, -0.05) is 29.8 Å². The van der Waals surface area contributed by atoms with Crippen LogP contribution in [0.5, 0.6) is 0 Å². The number of thioether (sulfide) groups is 1. The van der Waals surface area contributed by atoms with E-state index in [0.29, 0.717) is 13.0 Å². The summed E-state index contributed by atoms with van der Waals surface area (Å²) in [6.07, 6.45) is 2.51. The van der Waals surface area contributed by atoms with Gasteiger partial charge in [-0.2, -0.15) is 11.8 Å². The number of nitrogens with one attached hydrogen (secondary N) is 2. The van der Waals surface area contributed by atoms with Gasteiger partial charge < -0.3 is 16.4 Å². The highest BCUT2D eigenvalue weighted by molar-refractivity contribution is 7.98. The maximum absolute atomic E-state index is 12.0. The number of urea groups is 1. The summed E-state index contributed by atoms with van der Waals surface area (Å²) in [5, 5.41) is 5.29. The minimum absolute atomic E-state index is 0.210. The van der Waals surface area contributed by atoms with Crippen LogP contribution in [0.1, 0.15) is 17.5 Å². The first-order chi connectivity index (χ1) is 9.52. The lowest BCUT2D eigenvalue weighted by Crippen LogP contribution is -2.48. The first kappa shape index (κ1) is 16.4. The molecule has 0 fully saturated rings. The van der Waals surface area contributed by atoms with Crippen LogP contribution in [0.25, 0.3) is 0 Å². The van der Waals surface area contributed by atoms with Crippen LogP contribution in [0, 0.1) is 6.92 Å². The van der Waals surface area contributed by atoms with Gasteiger partial charge in [-0.15, -0.1) is 0 Å². The molecule has 0 saturated heterocycles. The van der Waals surface area contributed by atoms with Crippen molar-refractivity contribution < 1.29 is 9.59 Å². The van der Waals surface area contributed by atoms with E-state index in [-0.39, 0.29) is 5.91 Å². The van der Waals surface area contributed by atoms with Gasteiger partial charge in [0.05, 0.1) is 0 Å². The largest absolute Gasteiger partial charge is 0.352 e. The lowest BCUT2D eigenvalue weighted by molar-refractivity contribution is -0.123. The van der Waals surface area contributed by atoms with E-state index in [1.54, 1.807) is 11.8 Å². The normalized spacial score (nSPS) is 11.7.